The Morgan fingerprint density at radius 1 is 0.571 bits per heavy atom. The normalized spacial score (nSPS) is 27.7. The molecule has 0 radical (unpaired) electrons. The zero-order valence-electron chi connectivity index (χ0n) is 18.0. The van der Waals surface area contributed by atoms with Crippen molar-refractivity contribution in [3.8, 4) is 0 Å². The van der Waals surface area contributed by atoms with Crippen molar-refractivity contribution in [1.82, 2.24) is 0 Å². The fourth-order valence-corrected chi connectivity index (χ4v) is 2.89. The zero-order chi connectivity index (χ0) is 20.8. The van der Waals surface area contributed by atoms with E-state index < -0.39 is 0 Å². The number of hydrogen-bond acceptors (Lipinski definition) is 4. The molecule has 0 N–H and O–H groups in total. The molecule has 1 rings (SSSR count). The highest BCUT2D eigenvalue weighted by Gasteiger charge is 2.03. The van der Waals surface area contributed by atoms with Gasteiger partial charge in [0.05, 0.1) is 12.8 Å². The Morgan fingerprint density at radius 3 is 1.25 bits per heavy atom. The molecule has 0 aliphatic carbocycles. The molecule has 4 nitrogen and oxygen atoms in total. The van der Waals surface area contributed by atoms with E-state index in [0.717, 1.165) is 38.5 Å². The second-order valence-electron chi connectivity index (χ2n) is 7.68. The van der Waals surface area contributed by atoms with Crippen LogP contribution in [0.1, 0.15) is 79.1 Å². The van der Waals surface area contributed by atoms with Gasteiger partial charge in [-0.1, -0.05) is 34.4 Å². The van der Waals surface area contributed by atoms with Gasteiger partial charge in [0.2, 0.25) is 0 Å². The average molecular weight is 389 g/mol. The molecule has 28 heavy (non-hydrogen) atoms. The van der Waals surface area contributed by atoms with Crippen LogP contribution in [0.3, 0.4) is 0 Å². The Kier molecular flexibility index (Phi) is 11.9. The van der Waals surface area contributed by atoms with Crippen molar-refractivity contribution in [1.29, 1.82) is 0 Å². The summed E-state index contributed by atoms with van der Waals surface area (Å²) in [7, 11) is 0. The lowest BCUT2D eigenvalue weighted by Crippen LogP contribution is -2.04. The molecule has 0 saturated carbocycles. The highest BCUT2D eigenvalue weighted by molar-refractivity contribution is 5.71. The smallest absolute Gasteiger partial charge is 0.309 e. The summed E-state index contributed by atoms with van der Waals surface area (Å²) in [4.78, 5) is 23.7. The van der Waals surface area contributed by atoms with Crippen LogP contribution in [0.4, 0.5) is 0 Å². The van der Waals surface area contributed by atoms with Crippen LogP contribution in [0.2, 0.25) is 0 Å². The third kappa shape index (κ3) is 12.3. The van der Waals surface area contributed by atoms with Crippen LogP contribution in [-0.4, -0.2) is 25.2 Å². The number of carbonyl (C=O) groups is 2. The summed E-state index contributed by atoms with van der Waals surface area (Å²) < 4.78 is 10.6. The van der Waals surface area contributed by atoms with Crippen molar-refractivity contribution in [3.05, 3.63) is 46.6 Å². The third-order valence-electron chi connectivity index (χ3n) is 4.87. The lowest BCUT2D eigenvalue weighted by molar-refractivity contribution is -0.142. The van der Waals surface area contributed by atoms with Crippen LogP contribution < -0.4 is 0 Å². The van der Waals surface area contributed by atoms with E-state index in [1.165, 1.54) is 22.3 Å². The first kappa shape index (κ1) is 23.9. The molecule has 0 bridgehead atoms. The maximum absolute atomic E-state index is 11.9. The average Bonchev–Trinajstić information content (AvgIpc) is 2.64. The SMILES string of the molecule is C/C1=C\COC(=O)C/C=C(\C)CCC/C(C)=C/COC(=O)C/C=C(\C)CCC1. The molecule has 0 saturated heterocycles. The standard InChI is InChI=1S/C24H36O4/c1-19-7-5-9-21(3)15-18-28-24(26)14-12-20(2)8-6-10-22(4)16-17-27-23(25)13-11-19/h11-12,15-16H,5-10,13-14,17-18H2,1-4H3/b19-11+,20-12+,21-15+,22-16+. The van der Waals surface area contributed by atoms with Crippen LogP contribution >= 0.6 is 0 Å². The van der Waals surface area contributed by atoms with E-state index in [1.807, 2.05) is 38.2 Å². The van der Waals surface area contributed by atoms with E-state index in [0.29, 0.717) is 26.1 Å². The molecule has 0 amide bonds. The molecule has 0 fully saturated rings. The van der Waals surface area contributed by atoms with Gasteiger partial charge in [-0.25, -0.2) is 0 Å². The van der Waals surface area contributed by atoms with E-state index >= 15 is 0 Å². The fourth-order valence-electron chi connectivity index (χ4n) is 2.89. The molecule has 156 valence electrons. The first-order chi connectivity index (χ1) is 13.4. The van der Waals surface area contributed by atoms with Gasteiger partial charge in [-0.3, -0.25) is 9.59 Å². The minimum Gasteiger partial charge on any atom is -0.461 e. The highest BCUT2D eigenvalue weighted by atomic mass is 16.5. The number of hydrogen-bond donors (Lipinski definition) is 0. The molecule has 0 unspecified atom stereocenters. The van der Waals surface area contributed by atoms with Crippen molar-refractivity contribution < 1.29 is 19.1 Å². The molecule has 0 aromatic rings. The third-order valence-corrected chi connectivity index (χ3v) is 4.87. The van der Waals surface area contributed by atoms with Gasteiger partial charge in [0, 0.05) is 0 Å². The highest BCUT2D eigenvalue weighted by Crippen LogP contribution is 2.14. The molecule has 0 spiro atoms. The zero-order valence-corrected chi connectivity index (χ0v) is 18.0. The number of cyclic esters (lactones) is 2. The van der Waals surface area contributed by atoms with Crippen molar-refractivity contribution in [2.45, 2.75) is 79.1 Å². The molecule has 0 atom stereocenters. The number of ether oxygens (including phenoxy) is 2. The van der Waals surface area contributed by atoms with Crippen molar-refractivity contribution in [3.63, 3.8) is 0 Å². The van der Waals surface area contributed by atoms with Gasteiger partial charge in [0.15, 0.2) is 0 Å². The minimum absolute atomic E-state index is 0.179. The van der Waals surface area contributed by atoms with E-state index in [2.05, 4.69) is 13.8 Å². The minimum atomic E-state index is -0.179. The molecule has 1 aliphatic rings. The molecule has 1 heterocycles. The summed E-state index contributed by atoms with van der Waals surface area (Å²) in [6.45, 7) is 8.88. The molecule has 0 aromatic heterocycles. The Bertz CT molecular complexity index is 579. The van der Waals surface area contributed by atoms with Gasteiger partial charge in [0.1, 0.15) is 13.2 Å². The summed E-state index contributed by atoms with van der Waals surface area (Å²) in [6, 6.07) is 0. The van der Waals surface area contributed by atoms with Crippen LogP contribution in [0.15, 0.2) is 46.6 Å². The molecule has 0 aromatic carbocycles. The van der Waals surface area contributed by atoms with Gasteiger partial charge in [-0.05, 0) is 78.4 Å². The van der Waals surface area contributed by atoms with E-state index in [1.54, 1.807) is 0 Å². The Labute approximate surface area is 170 Å². The van der Waals surface area contributed by atoms with Crippen molar-refractivity contribution in [2.75, 3.05) is 13.2 Å². The Morgan fingerprint density at radius 2 is 0.893 bits per heavy atom. The van der Waals surface area contributed by atoms with Crippen molar-refractivity contribution in [2.24, 2.45) is 0 Å². The number of esters is 2. The van der Waals surface area contributed by atoms with Gasteiger partial charge in [-0.2, -0.15) is 0 Å². The predicted octanol–water partition coefficient (Wildman–Crippen LogP) is 5.99. The Hall–Kier alpha value is -2.10. The first-order valence-electron chi connectivity index (χ1n) is 10.3. The summed E-state index contributed by atoms with van der Waals surface area (Å²) >= 11 is 0. The van der Waals surface area contributed by atoms with Gasteiger partial charge in [0.25, 0.3) is 0 Å². The lowest BCUT2D eigenvalue weighted by Gasteiger charge is -2.06. The predicted molar refractivity (Wildman–Crippen MR) is 114 cm³/mol. The molecule has 1 aliphatic heterocycles. The second-order valence-corrected chi connectivity index (χ2v) is 7.68. The maximum Gasteiger partial charge on any atom is 0.309 e. The fraction of sp³-hybridized carbons (Fsp3) is 0.583. The summed E-state index contributed by atoms with van der Waals surface area (Å²) in [6.07, 6.45) is 14.4. The summed E-state index contributed by atoms with van der Waals surface area (Å²) in [5.74, 6) is -0.357. The summed E-state index contributed by atoms with van der Waals surface area (Å²) in [5, 5.41) is 0. The van der Waals surface area contributed by atoms with Gasteiger partial charge >= 0.3 is 11.9 Å². The van der Waals surface area contributed by atoms with Gasteiger partial charge < -0.3 is 9.47 Å². The van der Waals surface area contributed by atoms with Crippen LogP contribution in [0, 0.1) is 0 Å². The van der Waals surface area contributed by atoms with E-state index in [-0.39, 0.29) is 11.9 Å². The van der Waals surface area contributed by atoms with Crippen LogP contribution in [0.5, 0.6) is 0 Å². The van der Waals surface area contributed by atoms with E-state index in [9.17, 15) is 9.59 Å². The molecular weight excluding hydrogens is 352 g/mol. The lowest BCUT2D eigenvalue weighted by atomic mass is 10.0. The van der Waals surface area contributed by atoms with Crippen molar-refractivity contribution >= 4 is 11.9 Å². The largest absolute Gasteiger partial charge is 0.461 e. The van der Waals surface area contributed by atoms with Crippen LogP contribution in [0.25, 0.3) is 0 Å². The maximum atomic E-state index is 11.9. The molecule has 4 heteroatoms. The Balaban J connectivity index is 2.66. The number of allylic oxidation sites excluding steroid dienone is 4. The topological polar surface area (TPSA) is 52.6 Å². The van der Waals surface area contributed by atoms with Crippen LogP contribution in [-0.2, 0) is 19.1 Å². The second kappa shape index (κ2) is 14.0. The number of rotatable bonds is 0. The van der Waals surface area contributed by atoms with Gasteiger partial charge in [-0.15, -0.1) is 0 Å². The monoisotopic (exact) mass is 388 g/mol. The first-order valence-corrected chi connectivity index (χ1v) is 10.3. The quantitative estimate of drug-likeness (QED) is 0.378. The van der Waals surface area contributed by atoms with E-state index in [4.69, 9.17) is 9.47 Å². The summed E-state index contributed by atoms with van der Waals surface area (Å²) in [5.41, 5.74) is 4.84. The number of carbonyl (C=O) groups excluding carboxylic acids is 2. The molecular formula is C24H36O4.